The van der Waals surface area contributed by atoms with E-state index in [1.165, 1.54) is 21.3 Å². The van der Waals surface area contributed by atoms with Gasteiger partial charge in [-0.25, -0.2) is 13.2 Å². The number of sulfonamides is 1. The minimum absolute atomic E-state index is 0.127. The van der Waals surface area contributed by atoms with Gasteiger partial charge in [-0.2, -0.15) is 4.31 Å². The van der Waals surface area contributed by atoms with Crippen molar-refractivity contribution in [1.82, 2.24) is 14.5 Å². The van der Waals surface area contributed by atoms with Gasteiger partial charge in [0, 0.05) is 43.4 Å². The van der Waals surface area contributed by atoms with E-state index in [0.717, 1.165) is 12.3 Å². The summed E-state index contributed by atoms with van der Waals surface area (Å²) < 4.78 is 37.0. The molecule has 0 bridgehead atoms. The molecule has 0 radical (unpaired) electrons. The normalized spacial score (nSPS) is 14.9. The summed E-state index contributed by atoms with van der Waals surface area (Å²) in [4.78, 5) is 14.9. The van der Waals surface area contributed by atoms with Crippen molar-refractivity contribution in [1.29, 1.82) is 0 Å². The number of nitrogens with zero attached hydrogens (tertiary/aromatic N) is 2. The van der Waals surface area contributed by atoms with Crippen molar-refractivity contribution in [2.45, 2.75) is 16.9 Å². The number of thioether (sulfide) groups is 1. The number of carbonyl (C=O) groups is 1. The van der Waals surface area contributed by atoms with E-state index in [2.05, 4.69) is 17.4 Å². The van der Waals surface area contributed by atoms with Crippen LogP contribution in [0.2, 0.25) is 0 Å². The van der Waals surface area contributed by atoms with Gasteiger partial charge in [-0.05, 0) is 43.4 Å². The molecule has 0 unspecified atom stereocenters. The number of esters is 1. The Labute approximate surface area is 192 Å². The molecule has 1 aliphatic heterocycles. The molecule has 8 nitrogen and oxygen atoms in total. The minimum Gasteiger partial charge on any atom is -0.460 e. The molecule has 0 saturated carbocycles. The van der Waals surface area contributed by atoms with Gasteiger partial charge in [-0.15, -0.1) is 11.8 Å². The van der Waals surface area contributed by atoms with Crippen LogP contribution < -0.4 is 5.32 Å². The Morgan fingerprint density at radius 3 is 2.55 bits per heavy atom. The number of benzene rings is 1. The molecule has 2 aromatic rings. The lowest BCUT2D eigenvalue weighted by atomic mass is 10.4. The first-order valence-corrected chi connectivity index (χ1v) is 12.7. The molecule has 1 saturated heterocycles. The third-order valence-corrected chi connectivity index (χ3v) is 7.76. The maximum absolute atomic E-state index is 12.8. The summed E-state index contributed by atoms with van der Waals surface area (Å²) in [5.74, 6) is 0.0632. The van der Waals surface area contributed by atoms with E-state index in [4.69, 9.17) is 21.4 Å². The number of rotatable bonds is 8. The van der Waals surface area contributed by atoms with Gasteiger partial charge in [0.05, 0.1) is 6.61 Å². The Morgan fingerprint density at radius 1 is 1.16 bits per heavy atom. The van der Waals surface area contributed by atoms with Gasteiger partial charge in [-0.1, -0.05) is 18.2 Å². The SMILES string of the molecule is CCOC(=O)c1ccc(S(=O)(=O)N2CCN(C(=S)NCCSc3ccccc3)CC2)o1. The predicted molar refractivity (Wildman–Crippen MR) is 123 cm³/mol. The Bertz CT molecular complexity index is 986. The summed E-state index contributed by atoms with van der Waals surface area (Å²) in [5, 5.41) is 3.59. The molecular weight excluding hydrogens is 458 g/mol. The lowest BCUT2D eigenvalue weighted by Gasteiger charge is -2.35. The highest BCUT2D eigenvalue weighted by molar-refractivity contribution is 7.99. The van der Waals surface area contributed by atoms with Crippen LogP contribution in [0.25, 0.3) is 0 Å². The molecule has 1 aromatic heterocycles. The summed E-state index contributed by atoms with van der Waals surface area (Å²) in [6, 6.07) is 12.7. The molecule has 11 heteroatoms. The summed E-state index contributed by atoms with van der Waals surface area (Å²) in [6.07, 6.45) is 0. The van der Waals surface area contributed by atoms with Crippen molar-refractivity contribution in [2.24, 2.45) is 0 Å². The maximum Gasteiger partial charge on any atom is 0.374 e. The average Bonchev–Trinajstić information content (AvgIpc) is 3.29. The van der Waals surface area contributed by atoms with Crippen molar-refractivity contribution >= 4 is 45.1 Å². The summed E-state index contributed by atoms with van der Waals surface area (Å²) >= 11 is 7.20. The molecule has 3 rings (SSSR count). The molecule has 0 atom stereocenters. The van der Waals surface area contributed by atoms with Crippen molar-refractivity contribution in [2.75, 3.05) is 45.1 Å². The number of ether oxygens (including phenoxy) is 1. The van der Waals surface area contributed by atoms with Crippen LogP contribution in [0.15, 0.2) is 56.9 Å². The minimum atomic E-state index is -3.83. The maximum atomic E-state index is 12.8. The molecule has 1 aromatic carbocycles. The fourth-order valence-electron chi connectivity index (χ4n) is 2.98. The van der Waals surface area contributed by atoms with E-state index in [0.29, 0.717) is 18.2 Å². The number of carbonyl (C=O) groups excluding carboxylic acids is 1. The fraction of sp³-hybridized carbons (Fsp3) is 0.400. The van der Waals surface area contributed by atoms with E-state index < -0.39 is 16.0 Å². The van der Waals surface area contributed by atoms with Gasteiger partial charge in [0.15, 0.2) is 5.11 Å². The third-order valence-electron chi connectivity index (χ3n) is 4.57. The van der Waals surface area contributed by atoms with E-state index in [-0.39, 0.29) is 30.5 Å². The van der Waals surface area contributed by atoms with Crippen LogP contribution in [-0.4, -0.2) is 73.8 Å². The molecule has 168 valence electrons. The predicted octanol–water partition coefficient (Wildman–Crippen LogP) is 2.43. The standard InChI is InChI=1S/C20H25N3O5S3/c1-2-27-19(24)17-8-9-18(28-17)31(25,26)23-13-11-22(12-14-23)20(29)21-10-15-30-16-6-4-3-5-7-16/h3-9H,2,10-15H2,1H3,(H,21,29). The summed E-state index contributed by atoms with van der Waals surface area (Å²) in [5.41, 5.74) is 0. The van der Waals surface area contributed by atoms with Crippen LogP contribution >= 0.6 is 24.0 Å². The van der Waals surface area contributed by atoms with E-state index in [1.54, 1.807) is 18.7 Å². The van der Waals surface area contributed by atoms with Gasteiger partial charge in [-0.3, -0.25) is 0 Å². The Hall–Kier alpha value is -2.08. The summed E-state index contributed by atoms with van der Waals surface area (Å²) in [6.45, 7) is 4.07. The largest absolute Gasteiger partial charge is 0.460 e. The first-order chi connectivity index (χ1) is 14.9. The quantitative estimate of drug-likeness (QED) is 0.263. The number of nitrogens with one attached hydrogen (secondary N) is 1. The number of hydrogen-bond donors (Lipinski definition) is 1. The molecule has 1 fully saturated rings. The second kappa shape index (κ2) is 11.0. The average molecular weight is 484 g/mol. The zero-order valence-corrected chi connectivity index (χ0v) is 19.6. The highest BCUT2D eigenvalue weighted by atomic mass is 32.2. The molecule has 0 amide bonds. The van der Waals surface area contributed by atoms with Crippen LogP contribution in [0, 0.1) is 0 Å². The lowest BCUT2D eigenvalue weighted by molar-refractivity contribution is 0.0483. The van der Waals surface area contributed by atoms with Crippen molar-refractivity contribution in [3.63, 3.8) is 0 Å². The Kier molecular flexibility index (Phi) is 8.35. The Balaban J connectivity index is 1.46. The number of hydrogen-bond acceptors (Lipinski definition) is 7. The van der Waals surface area contributed by atoms with Gasteiger partial charge < -0.3 is 19.4 Å². The van der Waals surface area contributed by atoms with E-state index in [1.807, 2.05) is 23.1 Å². The first-order valence-electron chi connectivity index (χ1n) is 9.89. The molecule has 0 aliphatic carbocycles. The van der Waals surface area contributed by atoms with Crippen LogP contribution in [-0.2, 0) is 14.8 Å². The lowest BCUT2D eigenvalue weighted by Crippen LogP contribution is -2.53. The van der Waals surface area contributed by atoms with Crippen molar-refractivity contribution < 1.29 is 22.4 Å². The van der Waals surface area contributed by atoms with Crippen LogP contribution in [0.5, 0.6) is 0 Å². The number of piperazine rings is 1. The zero-order valence-electron chi connectivity index (χ0n) is 17.2. The van der Waals surface area contributed by atoms with Crippen molar-refractivity contribution in [3.8, 4) is 0 Å². The van der Waals surface area contributed by atoms with Crippen LogP contribution in [0.4, 0.5) is 0 Å². The first kappa shape index (κ1) is 23.6. The van der Waals surface area contributed by atoms with E-state index in [9.17, 15) is 13.2 Å². The number of thiocarbonyl (C=S) groups is 1. The van der Waals surface area contributed by atoms with Crippen LogP contribution in [0.3, 0.4) is 0 Å². The molecular formula is C20H25N3O5S3. The van der Waals surface area contributed by atoms with Gasteiger partial charge in [0.25, 0.3) is 10.0 Å². The highest BCUT2D eigenvalue weighted by Gasteiger charge is 2.32. The fourth-order valence-corrected chi connectivity index (χ4v) is 5.39. The molecule has 2 heterocycles. The van der Waals surface area contributed by atoms with Gasteiger partial charge >= 0.3 is 5.97 Å². The molecule has 1 aliphatic rings. The van der Waals surface area contributed by atoms with Crippen LogP contribution in [0.1, 0.15) is 17.5 Å². The van der Waals surface area contributed by atoms with E-state index >= 15 is 0 Å². The smallest absolute Gasteiger partial charge is 0.374 e. The summed E-state index contributed by atoms with van der Waals surface area (Å²) in [7, 11) is -3.83. The number of furan rings is 1. The second-order valence-corrected chi connectivity index (χ2v) is 10.0. The molecule has 31 heavy (non-hydrogen) atoms. The highest BCUT2D eigenvalue weighted by Crippen LogP contribution is 2.21. The monoisotopic (exact) mass is 483 g/mol. The van der Waals surface area contributed by atoms with Gasteiger partial charge in [0.2, 0.25) is 10.9 Å². The zero-order chi connectivity index (χ0) is 22.3. The molecule has 1 N–H and O–H groups in total. The topological polar surface area (TPSA) is 92.1 Å². The molecule has 0 spiro atoms. The van der Waals surface area contributed by atoms with Crippen molar-refractivity contribution in [3.05, 3.63) is 48.2 Å². The second-order valence-electron chi connectivity index (χ2n) is 6.62. The van der Waals surface area contributed by atoms with Gasteiger partial charge in [0.1, 0.15) is 0 Å². The third kappa shape index (κ3) is 6.22. The Morgan fingerprint density at radius 2 is 1.87 bits per heavy atom.